The van der Waals surface area contributed by atoms with E-state index in [0.29, 0.717) is 11.4 Å². The largest absolute Gasteiger partial charge is 0.476 e. The van der Waals surface area contributed by atoms with E-state index in [1.807, 2.05) is 12.1 Å². The quantitative estimate of drug-likeness (QED) is 0.369. The number of anilines is 2. The Morgan fingerprint density at radius 3 is 1.95 bits per heavy atom. The van der Waals surface area contributed by atoms with Gasteiger partial charge in [0.15, 0.2) is 0 Å². The summed E-state index contributed by atoms with van der Waals surface area (Å²) in [6.45, 7) is 0. The Morgan fingerprint density at radius 1 is 0.864 bits per heavy atom. The third-order valence-electron chi connectivity index (χ3n) is 2.58. The van der Waals surface area contributed by atoms with Crippen LogP contribution in [0.2, 0.25) is 0 Å². The lowest BCUT2D eigenvalue weighted by Gasteiger charge is -2.08. The van der Waals surface area contributed by atoms with Crippen LogP contribution < -0.4 is 16.3 Å². The molecule has 0 radical (unpaired) electrons. The molecule has 2 aromatic rings. The average Bonchev–Trinajstić information content (AvgIpc) is 2.55. The number of carbonyl (C=O) groups is 2. The fourth-order valence-corrected chi connectivity index (χ4v) is 1.54. The molecule has 0 aliphatic carbocycles. The summed E-state index contributed by atoms with van der Waals surface area (Å²) in [5.74, 6) is -2.30. The van der Waals surface area contributed by atoms with Crippen molar-refractivity contribution in [1.29, 1.82) is 0 Å². The van der Waals surface area contributed by atoms with Gasteiger partial charge in [0.05, 0.1) is 11.4 Å². The molecule has 2 rings (SSSR count). The Kier molecular flexibility index (Phi) is 5.09. The minimum absolute atomic E-state index is 0.574. The molecule has 0 atom stereocenters. The Morgan fingerprint density at radius 2 is 1.41 bits per heavy atom. The van der Waals surface area contributed by atoms with Gasteiger partial charge in [0.2, 0.25) is 5.71 Å². The molecular weight excluding hydrogens is 284 g/mol. The molecular formula is C15H14N4O3. The van der Waals surface area contributed by atoms with Crippen molar-refractivity contribution in [2.24, 2.45) is 5.10 Å². The molecule has 0 aliphatic rings. The number of nitrogens with zero attached hydrogens (tertiary/aromatic N) is 1. The summed E-state index contributed by atoms with van der Waals surface area (Å²) in [5, 5.41) is 12.7. The van der Waals surface area contributed by atoms with Crippen LogP contribution in [-0.2, 0) is 9.59 Å². The molecule has 0 saturated carbocycles. The number of amides is 1. The lowest BCUT2D eigenvalue weighted by Crippen LogP contribution is -2.39. The maximum Gasteiger partial charge on any atom is 0.362 e. The third kappa shape index (κ3) is 4.34. The number of aliphatic carboxylic acids is 1. The minimum Gasteiger partial charge on any atom is -0.476 e. The van der Waals surface area contributed by atoms with Crippen LogP contribution in [0.3, 0.4) is 0 Å². The third-order valence-corrected chi connectivity index (χ3v) is 2.58. The first kappa shape index (κ1) is 15.0. The first-order valence-electron chi connectivity index (χ1n) is 6.40. The second kappa shape index (κ2) is 7.44. The van der Waals surface area contributed by atoms with Gasteiger partial charge in [-0.3, -0.25) is 21.1 Å². The highest BCUT2D eigenvalue weighted by molar-refractivity contribution is 6.63. The van der Waals surface area contributed by atoms with Crippen LogP contribution in [-0.4, -0.2) is 22.7 Å². The summed E-state index contributed by atoms with van der Waals surface area (Å²) in [5.41, 5.74) is 7.94. The number of carboxylic acid groups (broad SMARTS) is 1. The van der Waals surface area contributed by atoms with E-state index in [2.05, 4.69) is 21.4 Å². The molecule has 0 aliphatic heterocycles. The smallest absolute Gasteiger partial charge is 0.362 e. The van der Waals surface area contributed by atoms with E-state index in [-0.39, 0.29) is 0 Å². The molecule has 0 fully saturated rings. The molecule has 2 aromatic carbocycles. The highest BCUT2D eigenvalue weighted by Gasteiger charge is 2.19. The van der Waals surface area contributed by atoms with E-state index in [4.69, 9.17) is 5.11 Å². The Bertz CT molecular complexity index is 672. The number of hydrazine groups is 1. The fraction of sp³-hybridized carbons (Fsp3) is 0. The number of carbonyl (C=O) groups excluding carboxylic acids is 1. The first-order valence-corrected chi connectivity index (χ1v) is 6.40. The normalized spacial score (nSPS) is 10.6. The van der Waals surface area contributed by atoms with Crippen molar-refractivity contribution in [2.45, 2.75) is 0 Å². The van der Waals surface area contributed by atoms with Gasteiger partial charge >= 0.3 is 5.97 Å². The second-order valence-electron chi connectivity index (χ2n) is 4.19. The van der Waals surface area contributed by atoms with E-state index < -0.39 is 17.6 Å². The predicted octanol–water partition coefficient (Wildman–Crippen LogP) is 1.68. The molecule has 0 saturated heterocycles. The molecule has 7 nitrogen and oxygen atoms in total. The van der Waals surface area contributed by atoms with Crippen molar-refractivity contribution < 1.29 is 14.7 Å². The first-order chi connectivity index (χ1) is 10.7. The van der Waals surface area contributed by atoms with Crippen LogP contribution in [0.5, 0.6) is 0 Å². The Labute approximate surface area is 126 Å². The zero-order valence-corrected chi connectivity index (χ0v) is 11.5. The van der Waals surface area contributed by atoms with Gasteiger partial charge in [-0.1, -0.05) is 36.4 Å². The van der Waals surface area contributed by atoms with Gasteiger partial charge in [-0.25, -0.2) is 4.79 Å². The van der Waals surface area contributed by atoms with Crippen LogP contribution in [0, 0.1) is 0 Å². The molecule has 112 valence electrons. The topological polar surface area (TPSA) is 103 Å². The van der Waals surface area contributed by atoms with Gasteiger partial charge in [-0.2, -0.15) is 5.10 Å². The van der Waals surface area contributed by atoms with Gasteiger partial charge in [0, 0.05) is 0 Å². The van der Waals surface area contributed by atoms with Crippen LogP contribution in [0.4, 0.5) is 11.4 Å². The van der Waals surface area contributed by atoms with E-state index in [9.17, 15) is 9.59 Å². The van der Waals surface area contributed by atoms with Crippen molar-refractivity contribution in [1.82, 2.24) is 5.43 Å². The molecule has 0 aromatic heterocycles. The number of para-hydroxylation sites is 2. The minimum atomic E-state index is -1.43. The van der Waals surface area contributed by atoms with Crippen molar-refractivity contribution in [2.75, 3.05) is 10.9 Å². The molecule has 1 amide bonds. The number of carboxylic acids is 1. The summed E-state index contributed by atoms with van der Waals surface area (Å²) >= 11 is 0. The zero-order chi connectivity index (χ0) is 15.8. The zero-order valence-electron chi connectivity index (χ0n) is 11.5. The van der Waals surface area contributed by atoms with Crippen LogP contribution in [0.25, 0.3) is 0 Å². The van der Waals surface area contributed by atoms with Crippen molar-refractivity contribution in [3.8, 4) is 0 Å². The van der Waals surface area contributed by atoms with Crippen molar-refractivity contribution >= 4 is 29.0 Å². The summed E-state index contributed by atoms with van der Waals surface area (Å²) < 4.78 is 0. The van der Waals surface area contributed by atoms with E-state index in [1.165, 1.54) is 0 Å². The van der Waals surface area contributed by atoms with Gasteiger partial charge in [0.25, 0.3) is 5.91 Å². The highest BCUT2D eigenvalue weighted by Crippen LogP contribution is 2.05. The van der Waals surface area contributed by atoms with Crippen LogP contribution in [0.15, 0.2) is 65.8 Å². The van der Waals surface area contributed by atoms with E-state index >= 15 is 0 Å². The summed E-state index contributed by atoms with van der Waals surface area (Å²) in [6, 6.07) is 17.5. The van der Waals surface area contributed by atoms with Crippen molar-refractivity contribution in [3.05, 3.63) is 60.7 Å². The average molecular weight is 298 g/mol. The lowest BCUT2D eigenvalue weighted by atomic mass is 10.3. The monoisotopic (exact) mass is 298 g/mol. The molecule has 22 heavy (non-hydrogen) atoms. The van der Waals surface area contributed by atoms with Gasteiger partial charge in [-0.15, -0.1) is 0 Å². The highest BCUT2D eigenvalue weighted by atomic mass is 16.4. The van der Waals surface area contributed by atoms with Crippen LogP contribution >= 0.6 is 0 Å². The van der Waals surface area contributed by atoms with Gasteiger partial charge in [0.1, 0.15) is 0 Å². The predicted molar refractivity (Wildman–Crippen MR) is 83.3 cm³/mol. The molecule has 0 bridgehead atoms. The summed E-state index contributed by atoms with van der Waals surface area (Å²) in [7, 11) is 0. The molecule has 0 unspecified atom stereocenters. The maximum absolute atomic E-state index is 11.9. The van der Waals surface area contributed by atoms with Crippen molar-refractivity contribution in [3.63, 3.8) is 0 Å². The molecule has 7 heteroatoms. The van der Waals surface area contributed by atoms with Gasteiger partial charge < -0.3 is 5.11 Å². The number of benzene rings is 2. The number of hydrogen-bond acceptors (Lipinski definition) is 5. The molecule has 4 N–H and O–H groups in total. The maximum atomic E-state index is 11.9. The van der Waals surface area contributed by atoms with Crippen LogP contribution in [0.1, 0.15) is 0 Å². The second-order valence-corrected chi connectivity index (χ2v) is 4.19. The number of rotatable bonds is 6. The standard InChI is InChI=1S/C15H14N4O3/c20-14(19-17-12-9-5-2-6-10-12)13(15(21)22)18-16-11-7-3-1-4-8-11/h1-10,16-17H,(H,19,20)(H,21,22)/b18-13-. The fourth-order valence-electron chi connectivity index (χ4n) is 1.54. The number of nitrogens with one attached hydrogen (secondary N) is 3. The Hall–Kier alpha value is -3.35. The van der Waals surface area contributed by atoms with E-state index in [0.717, 1.165) is 0 Å². The van der Waals surface area contributed by atoms with Gasteiger partial charge in [-0.05, 0) is 24.3 Å². The summed E-state index contributed by atoms with van der Waals surface area (Å²) in [6.07, 6.45) is 0. The summed E-state index contributed by atoms with van der Waals surface area (Å²) in [4.78, 5) is 23.0. The SMILES string of the molecule is O=C(O)/C(=N\Nc1ccccc1)C(=O)NNc1ccccc1. The number of hydrazone groups is 1. The Balaban J connectivity index is 2.01. The molecule has 0 spiro atoms. The van der Waals surface area contributed by atoms with E-state index in [1.54, 1.807) is 48.5 Å². The lowest BCUT2D eigenvalue weighted by molar-refractivity contribution is -0.130. The molecule has 0 heterocycles. The number of hydrogen-bond donors (Lipinski definition) is 4.